The van der Waals surface area contributed by atoms with Crippen molar-refractivity contribution in [3.63, 3.8) is 0 Å². The maximum atomic E-state index is 13.7. The molecule has 2 unspecified atom stereocenters. The van der Waals surface area contributed by atoms with Gasteiger partial charge in [0, 0.05) is 31.7 Å². The van der Waals surface area contributed by atoms with Crippen LogP contribution in [0.4, 0.5) is 4.39 Å². The lowest BCUT2D eigenvalue weighted by Crippen LogP contribution is -2.57. The summed E-state index contributed by atoms with van der Waals surface area (Å²) in [6.45, 7) is 6.11. The molecule has 28 heavy (non-hydrogen) atoms. The number of aliphatic hydroxyl groups is 1. The van der Waals surface area contributed by atoms with Crippen molar-refractivity contribution in [2.75, 3.05) is 26.2 Å². The number of hydrogen-bond donors (Lipinski definition) is 1. The van der Waals surface area contributed by atoms with E-state index < -0.39 is 6.10 Å². The normalized spacial score (nSPS) is 23.9. The summed E-state index contributed by atoms with van der Waals surface area (Å²) in [6.07, 6.45) is 4.14. The molecule has 1 aromatic rings. The van der Waals surface area contributed by atoms with Gasteiger partial charge in [-0.25, -0.2) is 4.39 Å². The summed E-state index contributed by atoms with van der Waals surface area (Å²) < 4.78 is 13.7. The van der Waals surface area contributed by atoms with Crippen molar-refractivity contribution in [2.45, 2.75) is 37.7 Å². The van der Waals surface area contributed by atoms with Crippen LogP contribution >= 0.6 is 0 Å². The molecule has 2 aliphatic heterocycles. The van der Waals surface area contributed by atoms with Crippen LogP contribution < -0.4 is 0 Å². The highest BCUT2D eigenvalue weighted by molar-refractivity contribution is 5.96. The molecule has 1 N–H and O–H groups in total. The number of nitrogens with zero attached hydrogens (tertiary/aromatic N) is 2. The second-order valence-corrected chi connectivity index (χ2v) is 8.34. The average molecular weight is 386 g/mol. The van der Waals surface area contributed by atoms with Crippen molar-refractivity contribution in [1.82, 2.24) is 9.80 Å². The van der Waals surface area contributed by atoms with Gasteiger partial charge in [0.15, 0.2) is 6.10 Å². The molecule has 1 aliphatic carbocycles. The first-order valence-electron chi connectivity index (χ1n) is 10.2. The van der Waals surface area contributed by atoms with Crippen LogP contribution in [0.5, 0.6) is 0 Å². The van der Waals surface area contributed by atoms with Gasteiger partial charge in [-0.15, -0.1) is 0 Å². The highest BCUT2D eigenvalue weighted by Gasteiger charge is 2.40. The standard InChI is InChI=1S/C22H27FN2O3/c1-2-20(26)22(28)25-12-16(13-25)15-4-3-9-24(11-15)21(27)18-8-7-17(23)10-19(18)14-5-6-14/h2,7-8,10,14-16,20,26H,1,3-6,9,11-13H2. The number of rotatable bonds is 5. The molecule has 2 atom stereocenters. The minimum absolute atomic E-state index is 0.000866. The monoisotopic (exact) mass is 386 g/mol. The van der Waals surface area contributed by atoms with Crippen molar-refractivity contribution in [3.05, 3.63) is 47.8 Å². The molecule has 0 bridgehead atoms. The number of likely N-dealkylation sites (tertiary alicyclic amines) is 2. The maximum Gasteiger partial charge on any atom is 0.255 e. The van der Waals surface area contributed by atoms with E-state index in [1.807, 2.05) is 4.90 Å². The smallest absolute Gasteiger partial charge is 0.255 e. The molecule has 150 valence electrons. The van der Waals surface area contributed by atoms with Crippen LogP contribution in [0.25, 0.3) is 0 Å². The number of carbonyl (C=O) groups is 2. The summed E-state index contributed by atoms with van der Waals surface area (Å²) in [5.74, 6) is 0.449. The molecule has 3 fully saturated rings. The predicted molar refractivity (Wildman–Crippen MR) is 103 cm³/mol. The molecule has 6 heteroatoms. The number of benzene rings is 1. The van der Waals surface area contributed by atoms with Crippen LogP contribution in [-0.2, 0) is 4.79 Å². The van der Waals surface area contributed by atoms with Crippen LogP contribution in [0.15, 0.2) is 30.9 Å². The first kappa shape index (κ1) is 19.1. The average Bonchev–Trinajstić information content (AvgIpc) is 3.51. The Labute approximate surface area is 164 Å². The third-order valence-corrected chi connectivity index (χ3v) is 6.37. The summed E-state index contributed by atoms with van der Waals surface area (Å²) in [5.41, 5.74) is 1.50. The molecule has 2 heterocycles. The van der Waals surface area contributed by atoms with Crippen LogP contribution in [-0.4, -0.2) is 59.0 Å². The minimum Gasteiger partial charge on any atom is -0.379 e. The van der Waals surface area contributed by atoms with E-state index in [9.17, 15) is 19.1 Å². The number of aliphatic hydroxyl groups excluding tert-OH is 1. The molecular formula is C22H27FN2O3. The number of halogens is 1. The fourth-order valence-corrected chi connectivity index (χ4v) is 4.49. The van der Waals surface area contributed by atoms with E-state index in [1.165, 1.54) is 18.2 Å². The van der Waals surface area contributed by atoms with E-state index in [4.69, 9.17) is 0 Å². The molecule has 5 nitrogen and oxygen atoms in total. The Kier molecular flexibility index (Phi) is 5.23. The Morgan fingerprint density at radius 1 is 1.14 bits per heavy atom. The number of amides is 2. The molecule has 0 aromatic heterocycles. The lowest BCUT2D eigenvalue weighted by atomic mass is 9.80. The highest BCUT2D eigenvalue weighted by atomic mass is 19.1. The van der Waals surface area contributed by atoms with Crippen molar-refractivity contribution < 1.29 is 19.1 Å². The number of carbonyl (C=O) groups excluding carboxylic acids is 2. The van der Waals surface area contributed by atoms with E-state index >= 15 is 0 Å². The molecule has 0 spiro atoms. The Morgan fingerprint density at radius 3 is 2.54 bits per heavy atom. The van der Waals surface area contributed by atoms with Crippen LogP contribution in [0.3, 0.4) is 0 Å². The molecule has 2 amide bonds. The highest BCUT2D eigenvalue weighted by Crippen LogP contribution is 2.42. The fraction of sp³-hybridized carbons (Fsp3) is 0.545. The Hall–Kier alpha value is -2.21. The lowest BCUT2D eigenvalue weighted by Gasteiger charge is -2.47. The molecule has 4 rings (SSSR count). The third-order valence-electron chi connectivity index (χ3n) is 6.37. The van der Waals surface area contributed by atoms with Crippen molar-refractivity contribution in [3.8, 4) is 0 Å². The molecule has 2 saturated heterocycles. The van der Waals surface area contributed by atoms with E-state index in [-0.39, 0.29) is 17.6 Å². The van der Waals surface area contributed by atoms with Gasteiger partial charge in [0.25, 0.3) is 11.8 Å². The molecule has 0 radical (unpaired) electrons. The first-order valence-corrected chi connectivity index (χ1v) is 10.2. The van der Waals surface area contributed by atoms with E-state index in [1.54, 1.807) is 11.0 Å². The third kappa shape index (κ3) is 3.70. The summed E-state index contributed by atoms with van der Waals surface area (Å²) in [6, 6.07) is 4.53. The molecule has 3 aliphatic rings. The van der Waals surface area contributed by atoms with Gasteiger partial charge in [0.2, 0.25) is 0 Å². The summed E-state index contributed by atoms with van der Waals surface area (Å²) in [5, 5.41) is 9.61. The van der Waals surface area contributed by atoms with Gasteiger partial charge in [-0.05, 0) is 67.2 Å². The molecule has 1 saturated carbocycles. The zero-order valence-electron chi connectivity index (χ0n) is 16.0. The second kappa shape index (κ2) is 7.66. The Balaban J connectivity index is 1.39. The molecule has 1 aromatic carbocycles. The first-order chi connectivity index (χ1) is 13.5. The summed E-state index contributed by atoms with van der Waals surface area (Å²) in [4.78, 5) is 28.7. The SMILES string of the molecule is C=CC(O)C(=O)N1CC(C2CCCN(C(=O)c3ccc(F)cc3C3CC3)C2)C1. The van der Waals surface area contributed by atoms with E-state index in [0.717, 1.165) is 37.8 Å². The maximum absolute atomic E-state index is 13.7. The summed E-state index contributed by atoms with van der Waals surface area (Å²) in [7, 11) is 0. The van der Waals surface area contributed by atoms with Gasteiger partial charge in [-0.2, -0.15) is 0 Å². The van der Waals surface area contributed by atoms with Gasteiger partial charge in [0.05, 0.1) is 0 Å². The van der Waals surface area contributed by atoms with E-state index in [0.29, 0.717) is 43.0 Å². The Morgan fingerprint density at radius 2 is 1.86 bits per heavy atom. The van der Waals surface area contributed by atoms with Crippen LogP contribution in [0.2, 0.25) is 0 Å². The minimum atomic E-state index is -1.13. The van der Waals surface area contributed by atoms with E-state index in [2.05, 4.69) is 6.58 Å². The van der Waals surface area contributed by atoms with Gasteiger partial charge in [0.1, 0.15) is 5.82 Å². The van der Waals surface area contributed by atoms with Crippen molar-refractivity contribution in [2.24, 2.45) is 11.8 Å². The van der Waals surface area contributed by atoms with Crippen molar-refractivity contribution in [1.29, 1.82) is 0 Å². The zero-order valence-corrected chi connectivity index (χ0v) is 16.0. The quantitative estimate of drug-likeness (QED) is 0.792. The van der Waals surface area contributed by atoms with Gasteiger partial charge >= 0.3 is 0 Å². The predicted octanol–water partition coefficient (Wildman–Crippen LogP) is 2.56. The van der Waals surface area contributed by atoms with Crippen LogP contribution in [0.1, 0.15) is 47.5 Å². The zero-order chi connectivity index (χ0) is 19.8. The lowest BCUT2D eigenvalue weighted by molar-refractivity contribution is -0.146. The summed E-state index contributed by atoms with van der Waals surface area (Å²) >= 11 is 0. The number of hydrogen-bond acceptors (Lipinski definition) is 3. The second-order valence-electron chi connectivity index (χ2n) is 8.34. The van der Waals surface area contributed by atoms with Gasteiger partial charge < -0.3 is 14.9 Å². The largest absolute Gasteiger partial charge is 0.379 e. The van der Waals surface area contributed by atoms with Gasteiger partial charge in [-0.1, -0.05) is 12.7 Å². The van der Waals surface area contributed by atoms with Gasteiger partial charge in [-0.3, -0.25) is 9.59 Å². The van der Waals surface area contributed by atoms with Crippen molar-refractivity contribution >= 4 is 11.8 Å². The molecular weight excluding hydrogens is 359 g/mol. The fourth-order valence-electron chi connectivity index (χ4n) is 4.49. The van der Waals surface area contributed by atoms with Crippen LogP contribution in [0, 0.1) is 17.7 Å². The topological polar surface area (TPSA) is 60.9 Å². The Bertz CT molecular complexity index is 786. The number of piperidine rings is 1.